The van der Waals surface area contributed by atoms with Gasteiger partial charge in [-0.2, -0.15) is 0 Å². The maximum Gasteiger partial charge on any atom is 0.287 e. The summed E-state index contributed by atoms with van der Waals surface area (Å²) in [5.41, 5.74) is 1.88. The summed E-state index contributed by atoms with van der Waals surface area (Å²) in [6.07, 6.45) is 3.03. The molecule has 2 aromatic heterocycles. The van der Waals surface area contributed by atoms with Crippen molar-refractivity contribution in [2.75, 3.05) is 6.54 Å². The molecule has 1 aliphatic rings. The summed E-state index contributed by atoms with van der Waals surface area (Å²) < 4.78 is 10.7. The second kappa shape index (κ2) is 5.15. The maximum absolute atomic E-state index is 11.9. The van der Waals surface area contributed by atoms with Crippen LogP contribution in [0.5, 0.6) is 0 Å². The number of hydrogen-bond donors (Lipinski definition) is 1. The molecule has 5 nitrogen and oxygen atoms in total. The van der Waals surface area contributed by atoms with Crippen molar-refractivity contribution in [3.05, 3.63) is 40.7 Å². The quantitative estimate of drug-likeness (QED) is 0.910. The van der Waals surface area contributed by atoms with Crippen molar-refractivity contribution in [2.45, 2.75) is 33.1 Å². The maximum atomic E-state index is 11.9. The van der Waals surface area contributed by atoms with Gasteiger partial charge in [-0.15, -0.1) is 0 Å². The van der Waals surface area contributed by atoms with Crippen molar-refractivity contribution in [1.29, 1.82) is 0 Å². The van der Waals surface area contributed by atoms with Gasteiger partial charge in [0.2, 0.25) is 0 Å². The van der Waals surface area contributed by atoms with Crippen LogP contribution >= 0.6 is 0 Å². The molecule has 0 saturated heterocycles. The van der Waals surface area contributed by atoms with Gasteiger partial charge in [-0.05, 0) is 44.7 Å². The lowest BCUT2D eigenvalue weighted by Crippen LogP contribution is -2.24. The number of hydrogen-bond acceptors (Lipinski definition) is 4. The van der Waals surface area contributed by atoms with Crippen LogP contribution in [0, 0.1) is 19.8 Å². The Kier molecular flexibility index (Phi) is 3.34. The summed E-state index contributed by atoms with van der Waals surface area (Å²) in [5, 5.41) is 6.81. The molecule has 2 heterocycles. The van der Waals surface area contributed by atoms with E-state index in [2.05, 4.69) is 10.5 Å². The second-order valence-electron chi connectivity index (χ2n) is 5.40. The fourth-order valence-corrected chi connectivity index (χ4v) is 2.17. The molecular weight excluding hydrogens is 256 g/mol. The van der Waals surface area contributed by atoms with Gasteiger partial charge in [0.15, 0.2) is 5.76 Å². The summed E-state index contributed by atoms with van der Waals surface area (Å²) in [4.78, 5) is 11.9. The van der Waals surface area contributed by atoms with Crippen LogP contribution in [-0.2, 0) is 6.42 Å². The Morgan fingerprint density at radius 2 is 2.20 bits per heavy atom. The van der Waals surface area contributed by atoms with E-state index in [9.17, 15) is 4.79 Å². The van der Waals surface area contributed by atoms with Crippen molar-refractivity contribution in [3.63, 3.8) is 0 Å². The highest BCUT2D eigenvalue weighted by molar-refractivity contribution is 5.91. The van der Waals surface area contributed by atoms with Gasteiger partial charge in [0, 0.05) is 18.5 Å². The predicted molar refractivity (Wildman–Crippen MR) is 72.5 cm³/mol. The Hall–Kier alpha value is -2.04. The molecule has 0 spiro atoms. The van der Waals surface area contributed by atoms with Crippen molar-refractivity contribution < 1.29 is 13.7 Å². The van der Waals surface area contributed by atoms with Crippen LogP contribution in [0.15, 0.2) is 21.1 Å². The molecule has 0 radical (unpaired) electrons. The Balaban J connectivity index is 1.65. The molecule has 5 heteroatoms. The zero-order valence-corrected chi connectivity index (χ0v) is 11.7. The minimum atomic E-state index is -0.137. The number of carbonyl (C=O) groups is 1. The van der Waals surface area contributed by atoms with E-state index in [4.69, 9.17) is 8.94 Å². The summed E-state index contributed by atoms with van der Waals surface area (Å²) in [6, 6.07) is 3.55. The average molecular weight is 274 g/mol. The molecule has 3 rings (SSSR count). The first-order chi connectivity index (χ1) is 9.63. The van der Waals surface area contributed by atoms with E-state index in [1.54, 1.807) is 6.07 Å². The first kappa shape index (κ1) is 13.0. The Morgan fingerprint density at radius 1 is 1.40 bits per heavy atom. The molecule has 1 saturated carbocycles. The average Bonchev–Trinajstić information content (AvgIpc) is 3.07. The molecular formula is C15H18N2O3. The van der Waals surface area contributed by atoms with Crippen LogP contribution in [0.25, 0.3) is 0 Å². The molecule has 1 aliphatic carbocycles. The van der Waals surface area contributed by atoms with E-state index < -0.39 is 0 Å². The molecule has 1 fully saturated rings. The molecule has 20 heavy (non-hydrogen) atoms. The molecule has 1 N–H and O–H groups in total. The SMILES string of the molecule is Cc1noc(C)c1Cc1ccc(C(=O)NCC2CC2)o1. The van der Waals surface area contributed by atoms with E-state index in [0.717, 1.165) is 29.3 Å². The molecule has 106 valence electrons. The fraction of sp³-hybridized carbons (Fsp3) is 0.467. The van der Waals surface area contributed by atoms with E-state index in [-0.39, 0.29) is 5.91 Å². The molecule has 1 amide bonds. The lowest BCUT2D eigenvalue weighted by atomic mass is 10.1. The topological polar surface area (TPSA) is 68.3 Å². The number of amides is 1. The highest BCUT2D eigenvalue weighted by Crippen LogP contribution is 2.27. The van der Waals surface area contributed by atoms with Crippen LogP contribution in [0.1, 0.15) is 46.2 Å². The number of nitrogens with zero attached hydrogens (tertiary/aromatic N) is 1. The number of aromatic nitrogens is 1. The van der Waals surface area contributed by atoms with Gasteiger partial charge in [0.25, 0.3) is 5.91 Å². The Labute approximate surface area is 117 Å². The largest absolute Gasteiger partial charge is 0.456 e. The number of rotatable bonds is 5. The van der Waals surface area contributed by atoms with Crippen molar-refractivity contribution in [2.24, 2.45) is 5.92 Å². The normalized spacial score (nSPS) is 14.5. The van der Waals surface area contributed by atoms with Crippen LogP contribution in [0.2, 0.25) is 0 Å². The van der Waals surface area contributed by atoms with E-state index >= 15 is 0 Å². The third-order valence-electron chi connectivity index (χ3n) is 3.67. The van der Waals surface area contributed by atoms with Crippen LogP contribution in [-0.4, -0.2) is 17.6 Å². The fourth-order valence-electron chi connectivity index (χ4n) is 2.17. The lowest BCUT2D eigenvalue weighted by Gasteiger charge is -2.01. The predicted octanol–water partition coefficient (Wildman–Crippen LogP) is 2.62. The van der Waals surface area contributed by atoms with Crippen molar-refractivity contribution >= 4 is 5.91 Å². The molecule has 0 aliphatic heterocycles. The minimum Gasteiger partial charge on any atom is -0.456 e. The number of carbonyl (C=O) groups excluding carboxylic acids is 1. The summed E-state index contributed by atoms with van der Waals surface area (Å²) in [6.45, 7) is 4.53. The smallest absolute Gasteiger partial charge is 0.287 e. The zero-order valence-electron chi connectivity index (χ0n) is 11.7. The van der Waals surface area contributed by atoms with Crippen molar-refractivity contribution in [3.8, 4) is 0 Å². The second-order valence-corrected chi connectivity index (χ2v) is 5.40. The zero-order chi connectivity index (χ0) is 14.1. The van der Waals surface area contributed by atoms with Gasteiger partial charge in [-0.3, -0.25) is 4.79 Å². The van der Waals surface area contributed by atoms with Gasteiger partial charge in [-0.1, -0.05) is 5.16 Å². The van der Waals surface area contributed by atoms with E-state index in [0.29, 0.717) is 18.1 Å². The standard InChI is InChI=1S/C15H18N2O3/c1-9-13(10(2)20-17-9)7-12-5-6-14(19-12)15(18)16-8-11-3-4-11/h5-6,11H,3-4,7-8H2,1-2H3,(H,16,18). The van der Waals surface area contributed by atoms with E-state index in [1.165, 1.54) is 12.8 Å². The van der Waals surface area contributed by atoms with E-state index in [1.807, 2.05) is 19.9 Å². The third-order valence-corrected chi connectivity index (χ3v) is 3.67. The lowest BCUT2D eigenvalue weighted by molar-refractivity contribution is 0.0922. The summed E-state index contributed by atoms with van der Waals surface area (Å²) in [7, 11) is 0. The summed E-state index contributed by atoms with van der Waals surface area (Å²) >= 11 is 0. The van der Waals surface area contributed by atoms with Crippen LogP contribution in [0.3, 0.4) is 0 Å². The Bertz CT molecular complexity index is 603. The van der Waals surface area contributed by atoms with Crippen LogP contribution < -0.4 is 5.32 Å². The number of aryl methyl sites for hydroxylation is 2. The molecule has 0 atom stereocenters. The molecule has 0 aromatic carbocycles. The van der Waals surface area contributed by atoms with Crippen LogP contribution in [0.4, 0.5) is 0 Å². The van der Waals surface area contributed by atoms with Gasteiger partial charge in [0.1, 0.15) is 11.5 Å². The number of furan rings is 1. The first-order valence-corrected chi connectivity index (χ1v) is 6.92. The Morgan fingerprint density at radius 3 is 2.85 bits per heavy atom. The molecule has 2 aromatic rings. The third kappa shape index (κ3) is 2.76. The number of nitrogens with one attached hydrogen (secondary N) is 1. The molecule has 0 bridgehead atoms. The van der Waals surface area contributed by atoms with Gasteiger partial charge >= 0.3 is 0 Å². The van der Waals surface area contributed by atoms with Crippen molar-refractivity contribution in [1.82, 2.24) is 10.5 Å². The monoisotopic (exact) mass is 274 g/mol. The van der Waals surface area contributed by atoms with Gasteiger partial charge in [-0.25, -0.2) is 0 Å². The first-order valence-electron chi connectivity index (χ1n) is 6.92. The van der Waals surface area contributed by atoms with Gasteiger partial charge < -0.3 is 14.3 Å². The highest BCUT2D eigenvalue weighted by atomic mass is 16.5. The highest BCUT2D eigenvalue weighted by Gasteiger charge is 2.22. The summed E-state index contributed by atoms with van der Waals surface area (Å²) in [5.74, 6) is 2.43. The van der Waals surface area contributed by atoms with Gasteiger partial charge in [0.05, 0.1) is 5.69 Å². The minimum absolute atomic E-state index is 0.137. The molecule has 0 unspecified atom stereocenters.